The fourth-order valence-corrected chi connectivity index (χ4v) is 2.39. The van der Waals surface area contributed by atoms with Crippen LogP contribution < -0.4 is 5.32 Å². The molecule has 1 aromatic carbocycles. The van der Waals surface area contributed by atoms with E-state index in [0.29, 0.717) is 5.92 Å². The molecule has 21 heavy (non-hydrogen) atoms. The number of nitrogens with zero attached hydrogens (tertiary/aromatic N) is 2. The zero-order chi connectivity index (χ0) is 15.1. The van der Waals surface area contributed by atoms with Crippen LogP contribution in [-0.2, 0) is 6.42 Å². The molecule has 1 unspecified atom stereocenters. The summed E-state index contributed by atoms with van der Waals surface area (Å²) in [6.45, 7) is 7.64. The van der Waals surface area contributed by atoms with Gasteiger partial charge in [-0.05, 0) is 36.4 Å². The minimum Gasteiger partial charge on any atom is -0.310 e. The molecule has 112 valence electrons. The van der Waals surface area contributed by atoms with Crippen molar-refractivity contribution >= 4 is 0 Å². The van der Waals surface area contributed by atoms with E-state index in [-0.39, 0.29) is 6.04 Å². The lowest BCUT2D eigenvalue weighted by Crippen LogP contribution is -2.24. The second-order valence-corrected chi connectivity index (χ2v) is 5.78. The van der Waals surface area contributed by atoms with Gasteiger partial charge in [0.15, 0.2) is 0 Å². The zero-order valence-corrected chi connectivity index (χ0v) is 13.2. The first-order chi connectivity index (χ1) is 10.2. The zero-order valence-electron chi connectivity index (χ0n) is 13.2. The molecule has 1 atom stereocenters. The van der Waals surface area contributed by atoms with Crippen molar-refractivity contribution < 1.29 is 0 Å². The molecule has 0 fully saturated rings. The van der Waals surface area contributed by atoms with Gasteiger partial charge >= 0.3 is 0 Å². The first-order valence-electron chi connectivity index (χ1n) is 7.77. The van der Waals surface area contributed by atoms with Crippen LogP contribution in [-0.4, -0.2) is 16.5 Å². The maximum absolute atomic E-state index is 4.14. The molecule has 0 radical (unpaired) electrons. The summed E-state index contributed by atoms with van der Waals surface area (Å²) in [5, 5.41) is 3.59. The van der Waals surface area contributed by atoms with E-state index >= 15 is 0 Å². The van der Waals surface area contributed by atoms with E-state index in [0.717, 1.165) is 24.9 Å². The Hall–Kier alpha value is -1.74. The number of nitrogens with one attached hydrogen (secondary N) is 1. The molecule has 0 saturated heterocycles. The van der Waals surface area contributed by atoms with Gasteiger partial charge in [0.2, 0.25) is 0 Å². The Bertz CT molecular complexity index is 520. The van der Waals surface area contributed by atoms with Crippen LogP contribution in [0.15, 0.2) is 43.0 Å². The fraction of sp³-hybridized carbons (Fsp3) is 0.444. The Morgan fingerprint density at radius 1 is 1.00 bits per heavy atom. The summed E-state index contributed by atoms with van der Waals surface area (Å²) >= 11 is 0. The maximum atomic E-state index is 4.14. The standard InChI is InChI=1S/C18H25N3/c1-4-9-21-18(17-11-19-13-20-12-17)10-15-5-7-16(8-6-15)14(2)3/h5-8,11-14,18,21H,4,9-10H2,1-3H3. The topological polar surface area (TPSA) is 37.8 Å². The van der Waals surface area contributed by atoms with E-state index in [1.807, 2.05) is 12.4 Å². The average molecular weight is 283 g/mol. The normalized spacial score (nSPS) is 12.6. The summed E-state index contributed by atoms with van der Waals surface area (Å²) in [5.74, 6) is 0.579. The van der Waals surface area contributed by atoms with Gasteiger partial charge in [0.05, 0.1) is 0 Å². The molecule has 0 amide bonds. The van der Waals surface area contributed by atoms with Crippen LogP contribution in [0, 0.1) is 0 Å². The van der Waals surface area contributed by atoms with Crippen molar-refractivity contribution in [2.24, 2.45) is 0 Å². The van der Waals surface area contributed by atoms with E-state index < -0.39 is 0 Å². The number of rotatable bonds is 7. The molecular formula is C18H25N3. The lowest BCUT2D eigenvalue weighted by Gasteiger charge is -2.18. The smallest absolute Gasteiger partial charge is 0.115 e. The Morgan fingerprint density at radius 2 is 1.67 bits per heavy atom. The Kier molecular flexibility index (Phi) is 5.88. The summed E-state index contributed by atoms with van der Waals surface area (Å²) in [4.78, 5) is 8.28. The second kappa shape index (κ2) is 7.89. The van der Waals surface area contributed by atoms with Crippen LogP contribution in [0.25, 0.3) is 0 Å². The van der Waals surface area contributed by atoms with Crippen molar-refractivity contribution in [2.45, 2.75) is 45.6 Å². The minimum atomic E-state index is 0.274. The van der Waals surface area contributed by atoms with Gasteiger partial charge in [-0.25, -0.2) is 9.97 Å². The van der Waals surface area contributed by atoms with Crippen LogP contribution in [0.2, 0.25) is 0 Å². The predicted molar refractivity (Wildman–Crippen MR) is 87.3 cm³/mol. The number of hydrogen-bond acceptors (Lipinski definition) is 3. The summed E-state index contributed by atoms with van der Waals surface area (Å²) in [7, 11) is 0. The monoisotopic (exact) mass is 283 g/mol. The summed E-state index contributed by atoms with van der Waals surface area (Å²) in [6.07, 6.45) is 7.48. The molecule has 0 aliphatic heterocycles. The van der Waals surface area contributed by atoms with E-state index in [9.17, 15) is 0 Å². The van der Waals surface area contributed by atoms with Crippen LogP contribution >= 0.6 is 0 Å². The average Bonchev–Trinajstić information content (AvgIpc) is 2.52. The van der Waals surface area contributed by atoms with Gasteiger partial charge in [-0.3, -0.25) is 0 Å². The van der Waals surface area contributed by atoms with Crippen molar-refractivity contribution in [3.05, 3.63) is 59.7 Å². The summed E-state index contributed by atoms with van der Waals surface area (Å²) in [5.41, 5.74) is 3.88. The van der Waals surface area contributed by atoms with Crippen molar-refractivity contribution in [3.63, 3.8) is 0 Å². The van der Waals surface area contributed by atoms with Crippen LogP contribution in [0.4, 0.5) is 0 Å². The summed E-state index contributed by atoms with van der Waals surface area (Å²) in [6, 6.07) is 9.21. The Morgan fingerprint density at radius 3 is 2.24 bits per heavy atom. The SMILES string of the molecule is CCCNC(Cc1ccc(C(C)C)cc1)c1cncnc1. The minimum absolute atomic E-state index is 0.274. The third-order valence-electron chi connectivity index (χ3n) is 3.71. The Balaban J connectivity index is 2.11. The van der Waals surface area contributed by atoms with E-state index in [2.05, 4.69) is 60.3 Å². The molecule has 0 aliphatic rings. The molecular weight excluding hydrogens is 258 g/mol. The lowest BCUT2D eigenvalue weighted by atomic mass is 9.97. The van der Waals surface area contributed by atoms with Crippen molar-refractivity contribution in [1.29, 1.82) is 0 Å². The van der Waals surface area contributed by atoms with Gasteiger partial charge < -0.3 is 5.32 Å². The molecule has 0 saturated carbocycles. The first-order valence-corrected chi connectivity index (χ1v) is 7.77. The molecule has 1 heterocycles. The fourth-order valence-electron chi connectivity index (χ4n) is 2.39. The molecule has 0 aliphatic carbocycles. The van der Waals surface area contributed by atoms with Crippen LogP contribution in [0.3, 0.4) is 0 Å². The van der Waals surface area contributed by atoms with Crippen LogP contribution in [0.1, 0.15) is 55.8 Å². The number of benzene rings is 1. The number of hydrogen-bond donors (Lipinski definition) is 1. The quantitative estimate of drug-likeness (QED) is 0.838. The van der Waals surface area contributed by atoms with E-state index in [1.54, 1.807) is 6.33 Å². The predicted octanol–water partition coefficient (Wildman–Crippen LogP) is 3.88. The molecule has 3 nitrogen and oxygen atoms in total. The highest BCUT2D eigenvalue weighted by atomic mass is 14.9. The van der Waals surface area contributed by atoms with Gasteiger partial charge in [0.25, 0.3) is 0 Å². The third-order valence-corrected chi connectivity index (χ3v) is 3.71. The van der Waals surface area contributed by atoms with Gasteiger partial charge in [0, 0.05) is 24.0 Å². The largest absolute Gasteiger partial charge is 0.310 e. The molecule has 3 heteroatoms. The van der Waals surface area contributed by atoms with Crippen molar-refractivity contribution in [3.8, 4) is 0 Å². The molecule has 0 bridgehead atoms. The van der Waals surface area contributed by atoms with E-state index in [4.69, 9.17) is 0 Å². The lowest BCUT2D eigenvalue weighted by molar-refractivity contribution is 0.526. The second-order valence-electron chi connectivity index (χ2n) is 5.78. The number of aromatic nitrogens is 2. The molecule has 2 rings (SSSR count). The maximum Gasteiger partial charge on any atom is 0.115 e. The van der Waals surface area contributed by atoms with Crippen LogP contribution in [0.5, 0.6) is 0 Å². The molecule has 1 aromatic heterocycles. The highest BCUT2D eigenvalue weighted by Crippen LogP contribution is 2.20. The molecule has 1 N–H and O–H groups in total. The van der Waals surface area contributed by atoms with Gasteiger partial charge in [-0.1, -0.05) is 45.0 Å². The van der Waals surface area contributed by atoms with E-state index in [1.165, 1.54) is 11.1 Å². The first kappa shape index (κ1) is 15.6. The van der Waals surface area contributed by atoms with Gasteiger partial charge in [0.1, 0.15) is 6.33 Å². The Labute approximate surface area is 127 Å². The molecule has 0 spiro atoms. The van der Waals surface area contributed by atoms with Gasteiger partial charge in [-0.2, -0.15) is 0 Å². The van der Waals surface area contributed by atoms with Gasteiger partial charge in [-0.15, -0.1) is 0 Å². The third kappa shape index (κ3) is 4.64. The molecule has 2 aromatic rings. The highest BCUT2D eigenvalue weighted by Gasteiger charge is 2.12. The van der Waals surface area contributed by atoms with Crippen molar-refractivity contribution in [2.75, 3.05) is 6.54 Å². The highest BCUT2D eigenvalue weighted by molar-refractivity contribution is 5.26. The summed E-state index contributed by atoms with van der Waals surface area (Å²) < 4.78 is 0. The van der Waals surface area contributed by atoms with Crippen molar-refractivity contribution in [1.82, 2.24) is 15.3 Å².